The third-order valence-corrected chi connectivity index (χ3v) is 4.99. The molecule has 2 rings (SSSR count). The fraction of sp³-hybridized carbons (Fsp3) is 0.867. The Morgan fingerprint density at radius 3 is 2.50 bits per heavy atom. The van der Waals surface area contributed by atoms with Crippen LogP contribution in [-0.2, 0) is 9.59 Å². The van der Waals surface area contributed by atoms with Crippen molar-refractivity contribution in [2.24, 2.45) is 22.7 Å². The van der Waals surface area contributed by atoms with E-state index in [0.717, 1.165) is 25.7 Å². The predicted octanol–water partition coefficient (Wildman–Crippen LogP) is 2.89. The van der Waals surface area contributed by atoms with E-state index < -0.39 is 0 Å². The Morgan fingerprint density at radius 2 is 2.00 bits per heavy atom. The Labute approximate surface area is 110 Å². The Bertz CT molecular complexity index is 375. The molecular weight excluding hydrogens is 226 g/mol. The van der Waals surface area contributed by atoms with Crippen LogP contribution in [0, 0.1) is 22.7 Å². The van der Waals surface area contributed by atoms with Crippen LogP contribution < -0.4 is 5.32 Å². The van der Waals surface area contributed by atoms with E-state index in [1.165, 1.54) is 0 Å². The fourth-order valence-electron chi connectivity index (χ4n) is 4.53. The van der Waals surface area contributed by atoms with Crippen LogP contribution in [0.4, 0.5) is 0 Å². The first-order chi connectivity index (χ1) is 8.31. The second-order valence-corrected chi connectivity index (χ2v) is 7.11. The van der Waals surface area contributed by atoms with Gasteiger partial charge >= 0.3 is 0 Å². The highest BCUT2D eigenvalue weighted by Gasteiger charge is 2.57. The van der Waals surface area contributed by atoms with Crippen LogP contribution in [0.2, 0.25) is 0 Å². The minimum atomic E-state index is -0.0844. The van der Waals surface area contributed by atoms with E-state index in [0.29, 0.717) is 12.3 Å². The smallest absolute Gasteiger partial charge is 0.230 e. The maximum absolute atomic E-state index is 12.2. The molecule has 2 amide bonds. The maximum atomic E-state index is 12.2. The highest BCUT2D eigenvalue weighted by molar-refractivity contribution is 5.99. The van der Waals surface area contributed by atoms with Crippen molar-refractivity contribution in [2.75, 3.05) is 0 Å². The third-order valence-electron chi connectivity index (χ3n) is 4.99. The van der Waals surface area contributed by atoms with Crippen molar-refractivity contribution >= 4 is 11.8 Å². The number of carbonyl (C=O) groups is 2. The van der Waals surface area contributed by atoms with Gasteiger partial charge in [-0.05, 0) is 36.0 Å². The van der Waals surface area contributed by atoms with Crippen molar-refractivity contribution in [3.8, 4) is 0 Å². The molecule has 2 aliphatic rings. The summed E-state index contributed by atoms with van der Waals surface area (Å²) in [4.78, 5) is 24.0. The molecular formula is C15H25NO2. The molecule has 102 valence electrons. The van der Waals surface area contributed by atoms with Crippen molar-refractivity contribution in [1.82, 2.24) is 5.32 Å². The van der Waals surface area contributed by atoms with Crippen molar-refractivity contribution < 1.29 is 9.59 Å². The van der Waals surface area contributed by atoms with Crippen molar-refractivity contribution in [3.63, 3.8) is 0 Å². The Morgan fingerprint density at radius 1 is 1.33 bits per heavy atom. The molecule has 3 nitrogen and oxygen atoms in total. The van der Waals surface area contributed by atoms with Gasteiger partial charge in [0.2, 0.25) is 11.8 Å². The van der Waals surface area contributed by atoms with Gasteiger partial charge in [0.1, 0.15) is 0 Å². The zero-order valence-corrected chi connectivity index (χ0v) is 12.0. The van der Waals surface area contributed by atoms with E-state index in [4.69, 9.17) is 0 Å². The lowest BCUT2D eigenvalue weighted by molar-refractivity contribution is -0.146. The molecule has 0 aromatic rings. The molecule has 1 heterocycles. The molecule has 0 radical (unpaired) electrons. The predicted molar refractivity (Wildman–Crippen MR) is 70.8 cm³/mol. The number of rotatable bonds is 2. The van der Waals surface area contributed by atoms with Crippen LogP contribution in [0.25, 0.3) is 0 Å². The Hall–Kier alpha value is -0.860. The first kappa shape index (κ1) is 13.6. The number of nitrogens with one attached hydrogen (secondary N) is 1. The average molecular weight is 251 g/mol. The fourth-order valence-corrected chi connectivity index (χ4v) is 4.53. The molecule has 1 aliphatic carbocycles. The zero-order chi connectivity index (χ0) is 13.6. The second kappa shape index (κ2) is 4.36. The molecule has 3 unspecified atom stereocenters. The van der Waals surface area contributed by atoms with Gasteiger partial charge in [0, 0.05) is 12.3 Å². The highest BCUT2D eigenvalue weighted by atomic mass is 16.2. The van der Waals surface area contributed by atoms with Crippen LogP contribution in [-0.4, -0.2) is 11.8 Å². The lowest BCUT2D eigenvalue weighted by Crippen LogP contribution is -2.53. The molecule has 1 saturated heterocycles. The maximum Gasteiger partial charge on any atom is 0.230 e. The van der Waals surface area contributed by atoms with Crippen molar-refractivity contribution in [1.29, 1.82) is 0 Å². The van der Waals surface area contributed by atoms with Gasteiger partial charge in [-0.2, -0.15) is 0 Å². The first-order valence-electron chi connectivity index (χ1n) is 7.14. The van der Waals surface area contributed by atoms with E-state index in [9.17, 15) is 9.59 Å². The largest absolute Gasteiger partial charge is 0.296 e. The number of hydrogen-bond donors (Lipinski definition) is 1. The molecule has 2 fully saturated rings. The quantitative estimate of drug-likeness (QED) is 0.767. The van der Waals surface area contributed by atoms with E-state index in [1.54, 1.807) is 0 Å². The topological polar surface area (TPSA) is 46.2 Å². The highest BCUT2D eigenvalue weighted by Crippen LogP contribution is 2.60. The SMILES string of the molecule is CCCC1C(=O)NC(=O)CC12CC(C)(C)CC2C. The van der Waals surface area contributed by atoms with Crippen LogP contribution in [0.15, 0.2) is 0 Å². The molecule has 1 saturated carbocycles. The van der Waals surface area contributed by atoms with Gasteiger partial charge < -0.3 is 0 Å². The van der Waals surface area contributed by atoms with Gasteiger partial charge in [-0.15, -0.1) is 0 Å². The molecule has 0 aromatic carbocycles. The molecule has 0 aromatic heterocycles. The van der Waals surface area contributed by atoms with Crippen molar-refractivity contribution in [2.45, 2.75) is 59.8 Å². The summed E-state index contributed by atoms with van der Waals surface area (Å²) < 4.78 is 0. The Kier molecular flexibility index (Phi) is 3.28. The number of carbonyl (C=O) groups excluding carboxylic acids is 2. The summed E-state index contributed by atoms with van der Waals surface area (Å²) in [5.74, 6) is 0.380. The summed E-state index contributed by atoms with van der Waals surface area (Å²) in [5.41, 5.74) is 0.169. The Balaban J connectivity index is 2.36. The van der Waals surface area contributed by atoms with Gasteiger partial charge in [-0.1, -0.05) is 34.1 Å². The third kappa shape index (κ3) is 2.08. The second-order valence-electron chi connectivity index (χ2n) is 7.11. The van der Waals surface area contributed by atoms with E-state index in [-0.39, 0.29) is 28.6 Å². The average Bonchev–Trinajstić information content (AvgIpc) is 2.43. The molecule has 3 atom stereocenters. The minimum absolute atomic E-state index is 0.0250. The summed E-state index contributed by atoms with van der Waals surface area (Å²) in [6, 6.07) is 0. The summed E-state index contributed by atoms with van der Waals surface area (Å²) in [6.45, 7) is 8.86. The van der Waals surface area contributed by atoms with Gasteiger partial charge in [0.25, 0.3) is 0 Å². The standard InChI is InChI=1S/C15H25NO2/c1-5-6-11-13(18)16-12(17)8-15(11)9-14(3,4)7-10(15)2/h10-11H,5-9H2,1-4H3,(H,16,17,18). The molecule has 3 heteroatoms. The first-order valence-corrected chi connectivity index (χ1v) is 7.14. The molecule has 1 N–H and O–H groups in total. The summed E-state index contributed by atoms with van der Waals surface area (Å²) in [7, 11) is 0. The molecule has 1 spiro atoms. The van der Waals surface area contributed by atoms with Crippen LogP contribution >= 0.6 is 0 Å². The summed E-state index contributed by atoms with van der Waals surface area (Å²) >= 11 is 0. The number of amides is 2. The molecule has 18 heavy (non-hydrogen) atoms. The monoisotopic (exact) mass is 251 g/mol. The van der Waals surface area contributed by atoms with E-state index >= 15 is 0 Å². The summed E-state index contributed by atoms with van der Waals surface area (Å²) in [6.07, 6.45) is 4.56. The summed E-state index contributed by atoms with van der Waals surface area (Å²) in [5, 5.41) is 2.54. The lowest BCUT2D eigenvalue weighted by Gasteiger charge is -2.43. The lowest BCUT2D eigenvalue weighted by atomic mass is 9.62. The van der Waals surface area contributed by atoms with E-state index in [2.05, 4.69) is 33.0 Å². The van der Waals surface area contributed by atoms with Crippen molar-refractivity contribution in [3.05, 3.63) is 0 Å². The van der Waals surface area contributed by atoms with Gasteiger partial charge in [0.15, 0.2) is 0 Å². The molecule has 1 aliphatic heterocycles. The van der Waals surface area contributed by atoms with Gasteiger partial charge in [-0.25, -0.2) is 0 Å². The van der Waals surface area contributed by atoms with Gasteiger partial charge in [0.05, 0.1) is 0 Å². The number of piperidine rings is 1. The van der Waals surface area contributed by atoms with Crippen LogP contribution in [0.5, 0.6) is 0 Å². The number of hydrogen-bond acceptors (Lipinski definition) is 2. The zero-order valence-electron chi connectivity index (χ0n) is 12.0. The van der Waals surface area contributed by atoms with Crippen LogP contribution in [0.1, 0.15) is 59.8 Å². The minimum Gasteiger partial charge on any atom is -0.296 e. The number of imide groups is 1. The van der Waals surface area contributed by atoms with E-state index in [1.807, 2.05) is 0 Å². The molecule has 0 bridgehead atoms. The van der Waals surface area contributed by atoms with Gasteiger partial charge in [-0.3, -0.25) is 14.9 Å². The normalized spacial score (nSPS) is 39.1. The van der Waals surface area contributed by atoms with Crippen LogP contribution in [0.3, 0.4) is 0 Å².